The number of alkyl halides is 3. The normalized spacial score (nSPS) is 11.7. The summed E-state index contributed by atoms with van der Waals surface area (Å²) in [5.74, 6) is 0.322. The fourth-order valence-corrected chi connectivity index (χ4v) is 3.85. The van der Waals surface area contributed by atoms with Crippen LogP contribution in [0.25, 0.3) is 21.6 Å². The maximum Gasteiger partial charge on any atom is 0.416 e. The highest BCUT2D eigenvalue weighted by molar-refractivity contribution is 7.17. The summed E-state index contributed by atoms with van der Waals surface area (Å²) in [7, 11) is 0. The summed E-state index contributed by atoms with van der Waals surface area (Å²) in [6.45, 7) is 1.92. The second-order valence-electron chi connectivity index (χ2n) is 6.39. The molecule has 0 spiro atoms. The van der Waals surface area contributed by atoms with E-state index in [-0.39, 0.29) is 12.5 Å². The summed E-state index contributed by atoms with van der Waals surface area (Å²) < 4.78 is 38.1. The van der Waals surface area contributed by atoms with Crippen molar-refractivity contribution in [3.05, 3.63) is 70.5 Å². The van der Waals surface area contributed by atoms with Crippen LogP contribution in [0.1, 0.15) is 26.8 Å². The number of halogens is 3. The van der Waals surface area contributed by atoms with Crippen LogP contribution in [-0.4, -0.2) is 20.9 Å². The lowest BCUT2D eigenvalue weighted by molar-refractivity contribution is -0.137. The fraction of sp³-hybridized carbons (Fsp3) is 0.150. The topological polar surface area (TPSA) is 70.7 Å². The van der Waals surface area contributed by atoms with Gasteiger partial charge in [-0.05, 0) is 31.2 Å². The molecule has 0 saturated heterocycles. The molecule has 0 aliphatic carbocycles. The van der Waals surface area contributed by atoms with E-state index in [1.807, 2.05) is 24.3 Å². The highest BCUT2D eigenvalue weighted by Crippen LogP contribution is 2.33. The number of hydrogen-bond acceptors (Lipinski definition) is 4. The lowest BCUT2D eigenvalue weighted by Gasteiger charge is -2.06. The Balaban J connectivity index is 1.49. The quantitative estimate of drug-likeness (QED) is 0.495. The van der Waals surface area contributed by atoms with Crippen LogP contribution in [0.15, 0.2) is 48.5 Å². The van der Waals surface area contributed by atoms with Gasteiger partial charge in [0.15, 0.2) is 0 Å². The zero-order valence-corrected chi connectivity index (χ0v) is 16.0. The molecule has 4 rings (SSSR count). The van der Waals surface area contributed by atoms with Crippen LogP contribution in [-0.2, 0) is 12.7 Å². The number of aromatic nitrogens is 3. The lowest BCUT2D eigenvalue weighted by atomic mass is 10.1. The number of imidazole rings is 1. The van der Waals surface area contributed by atoms with E-state index in [4.69, 9.17) is 0 Å². The van der Waals surface area contributed by atoms with Gasteiger partial charge in [-0.25, -0.2) is 9.97 Å². The van der Waals surface area contributed by atoms with Gasteiger partial charge in [0.25, 0.3) is 5.91 Å². The minimum atomic E-state index is -4.39. The SMILES string of the molecule is Cc1nc(-c2ccc(C(F)(F)F)cc2)sc1C(=O)NCc1nc2ccccc2[nH]1. The second kappa shape index (κ2) is 7.32. The molecule has 0 atom stereocenters. The number of aromatic amines is 1. The highest BCUT2D eigenvalue weighted by atomic mass is 32.1. The molecule has 0 saturated carbocycles. The van der Waals surface area contributed by atoms with Crippen molar-refractivity contribution < 1.29 is 18.0 Å². The maximum atomic E-state index is 12.7. The first-order valence-corrected chi connectivity index (χ1v) is 9.50. The number of H-pyrrole nitrogens is 1. The van der Waals surface area contributed by atoms with E-state index in [0.29, 0.717) is 27.0 Å². The molecule has 0 fully saturated rings. The summed E-state index contributed by atoms with van der Waals surface area (Å²) >= 11 is 1.14. The average molecular weight is 416 g/mol. The number of nitrogens with one attached hydrogen (secondary N) is 2. The molecule has 0 aliphatic heterocycles. The number of fused-ring (bicyclic) bond motifs is 1. The van der Waals surface area contributed by atoms with Gasteiger partial charge in [-0.2, -0.15) is 13.2 Å². The van der Waals surface area contributed by atoms with Crippen LogP contribution in [0.3, 0.4) is 0 Å². The molecule has 5 nitrogen and oxygen atoms in total. The Kier molecular flexibility index (Phi) is 4.83. The smallest absolute Gasteiger partial charge is 0.344 e. The van der Waals surface area contributed by atoms with Gasteiger partial charge in [-0.15, -0.1) is 11.3 Å². The summed E-state index contributed by atoms with van der Waals surface area (Å²) in [6.07, 6.45) is -4.39. The first kappa shape index (κ1) is 19.1. The molecular weight excluding hydrogens is 401 g/mol. The van der Waals surface area contributed by atoms with Crippen molar-refractivity contribution in [2.75, 3.05) is 0 Å². The number of para-hydroxylation sites is 2. The summed E-state index contributed by atoms with van der Waals surface area (Å²) in [5.41, 5.74) is 2.03. The maximum absolute atomic E-state index is 12.7. The van der Waals surface area contributed by atoms with Crippen molar-refractivity contribution in [2.24, 2.45) is 0 Å². The van der Waals surface area contributed by atoms with E-state index in [2.05, 4.69) is 20.3 Å². The Labute approximate surface area is 167 Å². The molecule has 2 N–H and O–H groups in total. The Morgan fingerprint density at radius 3 is 2.52 bits per heavy atom. The van der Waals surface area contributed by atoms with Crippen LogP contribution < -0.4 is 5.32 Å². The molecule has 0 radical (unpaired) electrons. The van der Waals surface area contributed by atoms with Crippen LogP contribution >= 0.6 is 11.3 Å². The lowest BCUT2D eigenvalue weighted by Crippen LogP contribution is -2.23. The Bertz CT molecular complexity index is 1150. The molecular formula is C20H15F3N4OS. The van der Waals surface area contributed by atoms with E-state index in [0.717, 1.165) is 34.5 Å². The zero-order chi connectivity index (χ0) is 20.6. The summed E-state index contributed by atoms with van der Waals surface area (Å²) in [4.78, 5) is 24.8. The van der Waals surface area contributed by atoms with Crippen LogP contribution in [0.2, 0.25) is 0 Å². The molecule has 2 heterocycles. The average Bonchev–Trinajstić information content (AvgIpc) is 3.28. The van der Waals surface area contributed by atoms with Gasteiger partial charge in [0.05, 0.1) is 28.8 Å². The standard InChI is InChI=1S/C20H15F3N4OS/c1-11-17(18(28)24-10-16-26-14-4-2-3-5-15(14)27-16)29-19(25-11)12-6-8-13(9-7-12)20(21,22)23/h2-9H,10H2,1H3,(H,24,28)(H,26,27). The fourth-order valence-electron chi connectivity index (χ4n) is 2.87. The Morgan fingerprint density at radius 1 is 1.10 bits per heavy atom. The van der Waals surface area contributed by atoms with Gasteiger partial charge in [0.1, 0.15) is 15.7 Å². The van der Waals surface area contributed by atoms with Crippen molar-refractivity contribution in [3.8, 4) is 10.6 Å². The van der Waals surface area contributed by atoms with Crippen molar-refractivity contribution in [2.45, 2.75) is 19.6 Å². The number of carbonyl (C=O) groups is 1. The molecule has 4 aromatic rings. The van der Waals surface area contributed by atoms with E-state index in [1.54, 1.807) is 6.92 Å². The molecule has 9 heteroatoms. The van der Waals surface area contributed by atoms with E-state index >= 15 is 0 Å². The first-order chi connectivity index (χ1) is 13.8. The van der Waals surface area contributed by atoms with Gasteiger partial charge in [0, 0.05) is 5.56 Å². The minimum Gasteiger partial charge on any atom is -0.344 e. The summed E-state index contributed by atoms with van der Waals surface area (Å²) in [5, 5.41) is 3.29. The highest BCUT2D eigenvalue weighted by Gasteiger charge is 2.30. The van der Waals surface area contributed by atoms with Crippen molar-refractivity contribution in [1.29, 1.82) is 0 Å². The molecule has 2 aromatic carbocycles. The predicted octanol–water partition coefficient (Wildman–Crippen LogP) is 4.94. The van der Waals surface area contributed by atoms with Crippen LogP contribution in [0, 0.1) is 6.92 Å². The van der Waals surface area contributed by atoms with Crippen molar-refractivity contribution in [3.63, 3.8) is 0 Å². The number of aryl methyl sites for hydroxylation is 1. The van der Waals surface area contributed by atoms with Crippen molar-refractivity contribution >= 4 is 28.3 Å². The number of carbonyl (C=O) groups excluding carboxylic acids is 1. The number of thiazole rings is 1. The molecule has 29 heavy (non-hydrogen) atoms. The van der Waals surface area contributed by atoms with Gasteiger partial charge in [-0.1, -0.05) is 24.3 Å². The molecule has 0 bridgehead atoms. The number of nitrogens with zero attached hydrogens (tertiary/aromatic N) is 2. The number of benzene rings is 2. The molecule has 1 amide bonds. The zero-order valence-electron chi connectivity index (χ0n) is 15.2. The third-order valence-electron chi connectivity index (χ3n) is 4.32. The third kappa shape index (κ3) is 4.00. The van der Waals surface area contributed by atoms with Gasteiger partial charge in [0.2, 0.25) is 0 Å². The Morgan fingerprint density at radius 2 is 1.83 bits per heavy atom. The Hall–Kier alpha value is -3.20. The van der Waals surface area contributed by atoms with Gasteiger partial charge < -0.3 is 10.3 Å². The monoisotopic (exact) mass is 416 g/mol. The van der Waals surface area contributed by atoms with Crippen molar-refractivity contribution in [1.82, 2.24) is 20.3 Å². The second-order valence-corrected chi connectivity index (χ2v) is 7.39. The predicted molar refractivity (Wildman–Crippen MR) is 105 cm³/mol. The van der Waals surface area contributed by atoms with Gasteiger partial charge >= 0.3 is 6.18 Å². The summed E-state index contributed by atoms with van der Waals surface area (Å²) in [6, 6.07) is 12.3. The number of rotatable bonds is 4. The van der Waals surface area contributed by atoms with E-state index in [9.17, 15) is 18.0 Å². The number of amides is 1. The third-order valence-corrected chi connectivity index (χ3v) is 5.52. The number of hydrogen-bond donors (Lipinski definition) is 2. The van der Waals surface area contributed by atoms with E-state index < -0.39 is 11.7 Å². The molecule has 148 valence electrons. The molecule has 2 aromatic heterocycles. The van der Waals surface area contributed by atoms with Gasteiger partial charge in [-0.3, -0.25) is 4.79 Å². The largest absolute Gasteiger partial charge is 0.416 e. The molecule has 0 unspecified atom stereocenters. The molecule has 0 aliphatic rings. The first-order valence-electron chi connectivity index (χ1n) is 8.68. The minimum absolute atomic E-state index is 0.223. The van der Waals surface area contributed by atoms with Crippen LogP contribution in [0.5, 0.6) is 0 Å². The van der Waals surface area contributed by atoms with Crippen LogP contribution in [0.4, 0.5) is 13.2 Å². The van der Waals surface area contributed by atoms with E-state index in [1.165, 1.54) is 12.1 Å².